The first-order valence-corrected chi connectivity index (χ1v) is 7.07. The van der Waals surface area contributed by atoms with Gasteiger partial charge in [-0.05, 0) is 40.6 Å². The largest absolute Gasteiger partial charge is 0.289 e. The molecular weight excluding hydrogens is 280 g/mol. The number of halogens is 1. The van der Waals surface area contributed by atoms with E-state index in [1.54, 1.807) is 12.2 Å². The molecule has 0 N–H and O–H groups in total. The Hall–Kier alpha value is -2.38. The van der Waals surface area contributed by atoms with Crippen molar-refractivity contribution < 1.29 is 4.79 Å². The molecule has 3 rings (SSSR count). The highest BCUT2D eigenvalue weighted by Gasteiger charge is 2.02. The maximum absolute atomic E-state index is 12.2. The van der Waals surface area contributed by atoms with E-state index in [1.807, 2.05) is 66.7 Å². The van der Waals surface area contributed by atoms with Crippen LogP contribution in [0.3, 0.4) is 0 Å². The molecule has 2 heteroatoms. The molecule has 0 unspecified atom stereocenters. The van der Waals surface area contributed by atoms with Crippen molar-refractivity contribution in [2.75, 3.05) is 0 Å². The summed E-state index contributed by atoms with van der Waals surface area (Å²) in [6.07, 6.45) is 3.39. The first kappa shape index (κ1) is 13.6. The summed E-state index contributed by atoms with van der Waals surface area (Å²) in [5, 5.41) is 2.90. The van der Waals surface area contributed by atoms with Crippen LogP contribution in [0.15, 0.2) is 72.8 Å². The number of benzene rings is 3. The Kier molecular flexibility index (Phi) is 3.85. The Labute approximate surface area is 128 Å². The van der Waals surface area contributed by atoms with Crippen LogP contribution in [0.25, 0.3) is 16.8 Å². The second kappa shape index (κ2) is 5.94. The molecule has 0 aliphatic heterocycles. The fraction of sp³-hybridized carbons (Fsp3) is 0. The topological polar surface area (TPSA) is 17.1 Å². The van der Waals surface area contributed by atoms with E-state index in [-0.39, 0.29) is 5.78 Å². The van der Waals surface area contributed by atoms with Crippen LogP contribution in [0.5, 0.6) is 0 Å². The molecule has 102 valence electrons. The standard InChI is InChI=1S/C19H13ClO/c20-18-10-5-14(6-11-18)7-12-19(21)17-9-8-15-3-1-2-4-16(15)13-17/h1-13H. The number of carbonyl (C=O) groups is 1. The van der Waals surface area contributed by atoms with Gasteiger partial charge in [0.1, 0.15) is 0 Å². The molecule has 3 aromatic rings. The highest BCUT2D eigenvalue weighted by molar-refractivity contribution is 6.30. The van der Waals surface area contributed by atoms with Gasteiger partial charge in [0.15, 0.2) is 5.78 Å². The molecule has 0 spiro atoms. The second-order valence-electron chi connectivity index (χ2n) is 4.81. The van der Waals surface area contributed by atoms with Crippen LogP contribution in [0.1, 0.15) is 15.9 Å². The van der Waals surface area contributed by atoms with Gasteiger partial charge in [-0.3, -0.25) is 4.79 Å². The minimum Gasteiger partial charge on any atom is -0.289 e. The SMILES string of the molecule is O=C(C=Cc1ccc(Cl)cc1)c1ccc2ccccc2c1. The molecule has 0 radical (unpaired) electrons. The molecule has 0 aliphatic rings. The van der Waals surface area contributed by atoms with E-state index in [4.69, 9.17) is 11.6 Å². The van der Waals surface area contributed by atoms with Gasteiger partial charge in [0.2, 0.25) is 0 Å². The van der Waals surface area contributed by atoms with Crippen LogP contribution < -0.4 is 0 Å². The van der Waals surface area contributed by atoms with Gasteiger partial charge in [-0.2, -0.15) is 0 Å². The summed E-state index contributed by atoms with van der Waals surface area (Å²) < 4.78 is 0. The van der Waals surface area contributed by atoms with Gasteiger partial charge in [-0.15, -0.1) is 0 Å². The number of hydrogen-bond donors (Lipinski definition) is 0. The molecule has 0 amide bonds. The summed E-state index contributed by atoms with van der Waals surface area (Å²) in [5.41, 5.74) is 1.65. The van der Waals surface area contributed by atoms with E-state index < -0.39 is 0 Å². The number of ketones is 1. The lowest BCUT2D eigenvalue weighted by molar-refractivity contribution is 0.104. The third-order valence-electron chi connectivity index (χ3n) is 3.33. The number of allylic oxidation sites excluding steroid dienone is 1. The summed E-state index contributed by atoms with van der Waals surface area (Å²) in [6, 6.07) is 21.1. The predicted octanol–water partition coefficient (Wildman–Crippen LogP) is 5.39. The molecule has 0 atom stereocenters. The van der Waals surface area contributed by atoms with Crippen LogP contribution >= 0.6 is 11.6 Å². The van der Waals surface area contributed by atoms with Gasteiger partial charge < -0.3 is 0 Å². The van der Waals surface area contributed by atoms with Gasteiger partial charge >= 0.3 is 0 Å². The van der Waals surface area contributed by atoms with Crippen molar-refractivity contribution in [3.8, 4) is 0 Å². The second-order valence-corrected chi connectivity index (χ2v) is 5.25. The lowest BCUT2D eigenvalue weighted by atomic mass is 10.0. The van der Waals surface area contributed by atoms with Crippen LogP contribution in [0.4, 0.5) is 0 Å². The fourth-order valence-corrected chi connectivity index (χ4v) is 2.31. The lowest BCUT2D eigenvalue weighted by Gasteiger charge is -2.00. The maximum atomic E-state index is 12.2. The molecule has 0 heterocycles. The van der Waals surface area contributed by atoms with E-state index in [1.165, 1.54) is 0 Å². The first-order chi connectivity index (χ1) is 10.2. The summed E-state index contributed by atoms with van der Waals surface area (Å²) in [5.74, 6) is -0.00398. The van der Waals surface area contributed by atoms with E-state index in [0.717, 1.165) is 16.3 Å². The van der Waals surface area contributed by atoms with E-state index in [9.17, 15) is 4.79 Å². The number of hydrogen-bond acceptors (Lipinski definition) is 1. The first-order valence-electron chi connectivity index (χ1n) is 6.69. The van der Waals surface area contributed by atoms with Gasteiger partial charge in [0.25, 0.3) is 0 Å². The molecular formula is C19H13ClO. The summed E-state index contributed by atoms with van der Waals surface area (Å²) in [6.45, 7) is 0. The Morgan fingerprint density at radius 1 is 0.857 bits per heavy atom. The van der Waals surface area contributed by atoms with Crippen LogP contribution in [0.2, 0.25) is 5.02 Å². The quantitative estimate of drug-likeness (QED) is 0.467. The van der Waals surface area contributed by atoms with Crippen molar-refractivity contribution >= 4 is 34.2 Å². The van der Waals surface area contributed by atoms with E-state index >= 15 is 0 Å². The Balaban J connectivity index is 1.84. The lowest BCUT2D eigenvalue weighted by Crippen LogP contribution is -1.93. The molecule has 0 bridgehead atoms. The van der Waals surface area contributed by atoms with Gasteiger partial charge in [0, 0.05) is 10.6 Å². The van der Waals surface area contributed by atoms with Crippen molar-refractivity contribution in [2.24, 2.45) is 0 Å². The summed E-state index contributed by atoms with van der Waals surface area (Å²) in [4.78, 5) is 12.2. The molecule has 0 saturated heterocycles. The van der Waals surface area contributed by atoms with Crippen LogP contribution in [-0.2, 0) is 0 Å². The van der Waals surface area contributed by atoms with Gasteiger partial charge in [-0.1, -0.05) is 66.2 Å². The van der Waals surface area contributed by atoms with Crippen LogP contribution in [0, 0.1) is 0 Å². The molecule has 3 aromatic carbocycles. The van der Waals surface area contributed by atoms with Gasteiger partial charge in [0.05, 0.1) is 0 Å². The molecule has 21 heavy (non-hydrogen) atoms. The zero-order chi connectivity index (χ0) is 14.7. The zero-order valence-corrected chi connectivity index (χ0v) is 12.0. The third-order valence-corrected chi connectivity index (χ3v) is 3.58. The van der Waals surface area contributed by atoms with Crippen molar-refractivity contribution in [3.05, 3.63) is 89.0 Å². The van der Waals surface area contributed by atoms with Crippen LogP contribution in [-0.4, -0.2) is 5.78 Å². The molecule has 1 nitrogen and oxygen atoms in total. The minimum atomic E-state index is -0.00398. The zero-order valence-electron chi connectivity index (χ0n) is 11.3. The van der Waals surface area contributed by atoms with E-state index in [0.29, 0.717) is 10.6 Å². The molecule has 0 fully saturated rings. The van der Waals surface area contributed by atoms with Crippen molar-refractivity contribution in [1.82, 2.24) is 0 Å². The monoisotopic (exact) mass is 292 g/mol. The highest BCUT2D eigenvalue weighted by Crippen LogP contribution is 2.17. The Morgan fingerprint density at radius 3 is 2.33 bits per heavy atom. The fourth-order valence-electron chi connectivity index (χ4n) is 2.18. The predicted molar refractivity (Wildman–Crippen MR) is 88.8 cm³/mol. The number of carbonyl (C=O) groups excluding carboxylic acids is 1. The van der Waals surface area contributed by atoms with Crippen molar-refractivity contribution in [3.63, 3.8) is 0 Å². The minimum absolute atomic E-state index is 0.00398. The highest BCUT2D eigenvalue weighted by atomic mass is 35.5. The summed E-state index contributed by atoms with van der Waals surface area (Å²) in [7, 11) is 0. The number of fused-ring (bicyclic) bond motifs is 1. The van der Waals surface area contributed by atoms with E-state index in [2.05, 4.69) is 0 Å². The number of rotatable bonds is 3. The normalized spacial score (nSPS) is 11.1. The Morgan fingerprint density at radius 2 is 1.57 bits per heavy atom. The molecule has 0 aliphatic carbocycles. The Bertz CT molecular complexity index is 816. The average Bonchev–Trinajstić information content (AvgIpc) is 2.53. The summed E-state index contributed by atoms with van der Waals surface area (Å²) >= 11 is 5.83. The third kappa shape index (κ3) is 3.21. The van der Waals surface area contributed by atoms with Crippen molar-refractivity contribution in [2.45, 2.75) is 0 Å². The van der Waals surface area contributed by atoms with Gasteiger partial charge in [-0.25, -0.2) is 0 Å². The average molecular weight is 293 g/mol. The molecule has 0 aromatic heterocycles. The smallest absolute Gasteiger partial charge is 0.185 e. The maximum Gasteiger partial charge on any atom is 0.185 e. The molecule has 0 saturated carbocycles. The van der Waals surface area contributed by atoms with Crippen molar-refractivity contribution in [1.29, 1.82) is 0 Å².